The minimum Gasteiger partial charge on any atom is -0.495 e. The number of carbonyl (C=O) groups excluding carboxylic acids is 2. The maximum absolute atomic E-state index is 13.6. The number of rotatable bonds is 6. The van der Waals surface area contributed by atoms with Crippen LogP contribution in [0.25, 0.3) is 0 Å². The SMILES string of the molecule is COc1cc(OC)c(NC(=O)[C@@H]2CCCN(S(=O)(=O)c3cc4c(cc3C)NC(=O)[C@@H](C)O4)C2)cc1Cl. The van der Waals surface area contributed by atoms with E-state index in [9.17, 15) is 18.0 Å². The van der Waals surface area contributed by atoms with Gasteiger partial charge in [-0.3, -0.25) is 9.59 Å². The lowest BCUT2D eigenvalue weighted by molar-refractivity contribution is -0.123. The molecule has 4 rings (SSSR count). The molecule has 2 heterocycles. The monoisotopic (exact) mass is 537 g/mol. The maximum Gasteiger partial charge on any atom is 0.265 e. The number of piperidine rings is 1. The van der Waals surface area contributed by atoms with Crippen molar-refractivity contribution in [1.29, 1.82) is 0 Å². The van der Waals surface area contributed by atoms with E-state index >= 15 is 0 Å². The standard InChI is InChI=1S/C24H28ClN3O7S/c1-13-8-17-21(35-14(2)23(29)26-17)11-22(13)36(31,32)28-7-5-6-15(12-28)24(30)27-18-9-16(25)19(33-3)10-20(18)34-4/h8-11,14-15H,5-7,12H2,1-4H3,(H,26,29)(H,27,30)/t14-,15-/m1/s1. The number of ether oxygens (including phenoxy) is 3. The van der Waals surface area contributed by atoms with Gasteiger partial charge in [0.05, 0.1) is 41.4 Å². The lowest BCUT2D eigenvalue weighted by Gasteiger charge is -2.32. The van der Waals surface area contributed by atoms with Crippen LogP contribution in [0, 0.1) is 12.8 Å². The number of carbonyl (C=O) groups is 2. The molecule has 0 spiro atoms. The topological polar surface area (TPSA) is 123 Å². The summed E-state index contributed by atoms with van der Waals surface area (Å²) in [6.07, 6.45) is 0.313. The molecule has 2 aromatic rings. The molecule has 10 nitrogen and oxygen atoms in total. The van der Waals surface area contributed by atoms with Gasteiger partial charge in [0.25, 0.3) is 5.91 Å². The Bertz CT molecular complexity index is 1320. The number of nitrogens with zero attached hydrogens (tertiary/aromatic N) is 1. The Labute approximate surface area is 214 Å². The van der Waals surface area contributed by atoms with E-state index in [0.29, 0.717) is 52.1 Å². The average Bonchev–Trinajstić information content (AvgIpc) is 2.85. The quantitative estimate of drug-likeness (QED) is 0.578. The second kappa shape index (κ2) is 10.2. The molecule has 0 aliphatic carbocycles. The van der Waals surface area contributed by atoms with Gasteiger partial charge in [0, 0.05) is 25.2 Å². The Hall–Kier alpha value is -3.02. The van der Waals surface area contributed by atoms with Gasteiger partial charge in [-0.15, -0.1) is 0 Å². The van der Waals surface area contributed by atoms with Crippen molar-refractivity contribution in [3.63, 3.8) is 0 Å². The molecule has 2 aromatic carbocycles. The van der Waals surface area contributed by atoms with Crippen LogP contribution >= 0.6 is 11.6 Å². The molecule has 0 radical (unpaired) electrons. The molecule has 2 aliphatic heterocycles. The van der Waals surface area contributed by atoms with Gasteiger partial charge >= 0.3 is 0 Å². The highest BCUT2D eigenvalue weighted by Crippen LogP contribution is 2.38. The average molecular weight is 538 g/mol. The highest BCUT2D eigenvalue weighted by Gasteiger charge is 2.36. The van der Waals surface area contributed by atoms with E-state index in [0.717, 1.165) is 0 Å². The summed E-state index contributed by atoms with van der Waals surface area (Å²) in [6.45, 7) is 3.55. The number of benzene rings is 2. The van der Waals surface area contributed by atoms with E-state index in [-0.39, 0.29) is 29.8 Å². The van der Waals surface area contributed by atoms with E-state index < -0.39 is 22.0 Å². The molecule has 194 valence electrons. The smallest absolute Gasteiger partial charge is 0.265 e. The van der Waals surface area contributed by atoms with Crippen LogP contribution in [0.5, 0.6) is 17.2 Å². The summed E-state index contributed by atoms with van der Waals surface area (Å²) in [6, 6.07) is 6.12. The Morgan fingerprint density at radius 1 is 1.19 bits per heavy atom. The van der Waals surface area contributed by atoms with Crippen LogP contribution in [0.4, 0.5) is 11.4 Å². The number of fused-ring (bicyclic) bond motifs is 1. The first-order chi connectivity index (χ1) is 17.0. The first-order valence-corrected chi connectivity index (χ1v) is 13.2. The number of halogens is 1. The molecular formula is C24H28ClN3O7S. The van der Waals surface area contributed by atoms with E-state index in [1.807, 2.05) is 0 Å². The van der Waals surface area contributed by atoms with Crippen molar-refractivity contribution < 1.29 is 32.2 Å². The fourth-order valence-electron chi connectivity index (χ4n) is 4.33. The molecular weight excluding hydrogens is 510 g/mol. The molecule has 12 heteroatoms. The molecule has 1 saturated heterocycles. The second-order valence-electron chi connectivity index (χ2n) is 8.74. The summed E-state index contributed by atoms with van der Waals surface area (Å²) in [4.78, 5) is 25.1. The van der Waals surface area contributed by atoms with E-state index in [2.05, 4.69) is 10.6 Å². The van der Waals surface area contributed by atoms with Gasteiger partial charge < -0.3 is 24.8 Å². The molecule has 2 N–H and O–H groups in total. The van der Waals surface area contributed by atoms with Crippen molar-refractivity contribution >= 4 is 44.8 Å². The number of nitrogens with one attached hydrogen (secondary N) is 2. The Morgan fingerprint density at radius 3 is 2.61 bits per heavy atom. The summed E-state index contributed by atoms with van der Waals surface area (Å²) in [5, 5.41) is 5.84. The lowest BCUT2D eigenvalue weighted by Crippen LogP contribution is -2.44. The zero-order chi connectivity index (χ0) is 26.2. The van der Waals surface area contributed by atoms with E-state index in [4.69, 9.17) is 25.8 Å². The highest BCUT2D eigenvalue weighted by molar-refractivity contribution is 7.89. The summed E-state index contributed by atoms with van der Waals surface area (Å²) in [5.74, 6) is -0.141. The van der Waals surface area contributed by atoms with Crippen molar-refractivity contribution in [2.24, 2.45) is 5.92 Å². The van der Waals surface area contributed by atoms with E-state index in [1.54, 1.807) is 26.0 Å². The van der Waals surface area contributed by atoms with Crippen molar-refractivity contribution in [2.45, 2.75) is 37.7 Å². The zero-order valence-corrected chi connectivity index (χ0v) is 22.0. The van der Waals surface area contributed by atoms with Crippen LogP contribution < -0.4 is 24.8 Å². The number of sulfonamides is 1. The first kappa shape index (κ1) is 26.1. The first-order valence-electron chi connectivity index (χ1n) is 11.4. The molecule has 0 unspecified atom stereocenters. The molecule has 0 saturated carbocycles. The van der Waals surface area contributed by atoms with E-state index in [1.165, 1.54) is 30.7 Å². The highest BCUT2D eigenvalue weighted by atomic mass is 35.5. The third-order valence-electron chi connectivity index (χ3n) is 6.31. The predicted octanol–water partition coefficient (Wildman–Crippen LogP) is 3.42. The summed E-state index contributed by atoms with van der Waals surface area (Å²) >= 11 is 6.21. The predicted molar refractivity (Wildman–Crippen MR) is 135 cm³/mol. The molecule has 0 aromatic heterocycles. The summed E-state index contributed by atoms with van der Waals surface area (Å²) < 4.78 is 44.6. The van der Waals surface area contributed by atoms with Crippen LogP contribution in [0.1, 0.15) is 25.3 Å². The number of methoxy groups -OCH3 is 2. The number of hydrogen-bond donors (Lipinski definition) is 2. The van der Waals surface area contributed by atoms with Gasteiger partial charge in [0.2, 0.25) is 15.9 Å². The third kappa shape index (κ3) is 4.95. The van der Waals surface area contributed by atoms with Crippen molar-refractivity contribution in [3.8, 4) is 17.2 Å². The minimum atomic E-state index is -3.93. The van der Waals surface area contributed by atoms with Crippen molar-refractivity contribution in [2.75, 3.05) is 37.9 Å². The fourth-order valence-corrected chi connectivity index (χ4v) is 6.31. The van der Waals surface area contributed by atoms with Crippen LogP contribution in [0.3, 0.4) is 0 Å². The Kier molecular flexibility index (Phi) is 7.35. The largest absolute Gasteiger partial charge is 0.495 e. The van der Waals surface area contributed by atoms with Crippen LogP contribution in [0.15, 0.2) is 29.2 Å². The molecule has 2 amide bonds. The third-order valence-corrected chi connectivity index (χ3v) is 8.62. The normalized spacial score (nSPS) is 20.1. The summed E-state index contributed by atoms with van der Waals surface area (Å²) in [5.41, 5.74) is 1.26. The number of hydrogen-bond acceptors (Lipinski definition) is 7. The van der Waals surface area contributed by atoms with Crippen LogP contribution in [0.2, 0.25) is 5.02 Å². The molecule has 2 atom stereocenters. The van der Waals surface area contributed by atoms with Crippen molar-refractivity contribution in [3.05, 3.63) is 34.9 Å². The Morgan fingerprint density at radius 2 is 1.92 bits per heavy atom. The number of amides is 2. The van der Waals surface area contributed by atoms with Gasteiger partial charge in [0.1, 0.15) is 17.2 Å². The van der Waals surface area contributed by atoms with Crippen LogP contribution in [-0.4, -0.2) is 58.0 Å². The fraction of sp³-hybridized carbons (Fsp3) is 0.417. The van der Waals surface area contributed by atoms with Gasteiger partial charge in [-0.2, -0.15) is 4.31 Å². The molecule has 1 fully saturated rings. The van der Waals surface area contributed by atoms with Crippen molar-refractivity contribution in [1.82, 2.24) is 4.31 Å². The zero-order valence-electron chi connectivity index (χ0n) is 20.4. The summed E-state index contributed by atoms with van der Waals surface area (Å²) in [7, 11) is -0.989. The molecule has 2 aliphatic rings. The molecule has 0 bridgehead atoms. The number of aryl methyl sites for hydroxylation is 1. The van der Waals surface area contributed by atoms with Gasteiger partial charge in [-0.25, -0.2) is 8.42 Å². The molecule has 36 heavy (non-hydrogen) atoms. The minimum absolute atomic E-state index is 0.0187. The van der Waals surface area contributed by atoms with Gasteiger partial charge in [-0.1, -0.05) is 11.6 Å². The van der Waals surface area contributed by atoms with Gasteiger partial charge in [-0.05, 0) is 44.4 Å². The van der Waals surface area contributed by atoms with Gasteiger partial charge in [0.15, 0.2) is 6.10 Å². The second-order valence-corrected chi connectivity index (χ2v) is 11.1. The maximum atomic E-state index is 13.6. The Balaban J connectivity index is 1.55. The lowest BCUT2D eigenvalue weighted by atomic mass is 9.98. The number of anilines is 2. The van der Waals surface area contributed by atoms with Crippen LogP contribution in [-0.2, 0) is 19.6 Å².